The van der Waals surface area contributed by atoms with Crippen LogP contribution in [0, 0.1) is 23.1 Å². The number of hydrogen-bond acceptors (Lipinski definition) is 3. The van der Waals surface area contributed by atoms with Crippen LogP contribution in [0.2, 0.25) is 0 Å². The van der Waals surface area contributed by atoms with Crippen molar-refractivity contribution in [1.29, 1.82) is 0 Å². The van der Waals surface area contributed by atoms with Crippen LogP contribution in [-0.4, -0.2) is 35.2 Å². The average Bonchev–Trinajstić information content (AvgIpc) is 2.81. The quantitative estimate of drug-likeness (QED) is 0.509. The zero-order chi connectivity index (χ0) is 24.3. The highest BCUT2D eigenvalue weighted by Crippen LogP contribution is 2.39. The van der Waals surface area contributed by atoms with Gasteiger partial charge in [-0.3, -0.25) is 9.69 Å². The van der Waals surface area contributed by atoms with Gasteiger partial charge in [-0.05, 0) is 80.6 Å². The summed E-state index contributed by atoms with van der Waals surface area (Å²) >= 11 is 0. The van der Waals surface area contributed by atoms with E-state index in [0.717, 1.165) is 30.1 Å². The van der Waals surface area contributed by atoms with E-state index in [1.54, 1.807) is 0 Å². The molecular weight excluding hydrogens is 429 g/mol. The van der Waals surface area contributed by atoms with Gasteiger partial charge < -0.3 is 9.84 Å². The van der Waals surface area contributed by atoms with Crippen molar-refractivity contribution in [3.05, 3.63) is 53.8 Å². The Morgan fingerprint density at radius 3 is 2.24 bits per heavy atom. The van der Waals surface area contributed by atoms with Crippen molar-refractivity contribution >= 4 is 5.97 Å². The van der Waals surface area contributed by atoms with E-state index in [4.69, 9.17) is 4.74 Å². The SMILES string of the molecule is CC(C)(C)[C@H]1CC[C@@H](Oc2ccc(-c3cccc(CN4CCC(C(=O)O)CC4)c3F)cc2)CC1. The third-order valence-electron chi connectivity index (χ3n) is 7.78. The Kier molecular flexibility index (Phi) is 7.61. The van der Waals surface area contributed by atoms with Crippen molar-refractivity contribution < 1.29 is 19.0 Å². The number of nitrogens with zero attached hydrogens (tertiary/aromatic N) is 1. The van der Waals surface area contributed by atoms with Crippen molar-refractivity contribution in [2.45, 2.75) is 71.9 Å². The van der Waals surface area contributed by atoms with E-state index < -0.39 is 5.97 Å². The third-order valence-corrected chi connectivity index (χ3v) is 7.78. The van der Waals surface area contributed by atoms with Crippen molar-refractivity contribution in [2.24, 2.45) is 17.3 Å². The molecule has 2 aliphatic rings. The molecule has 1 saturated heterocycles. The van der Waals surface area contributed by atoms with Crippen LogP contribution in [0.5, 0.6) is 5.75 Å². The maximum Gasteiger partial charge on any atom is 0.306 e. The molecule has 184 valence electrons. The molecule has 2 aromatic rings. The fraction of sp³-hybridized carbons (Fsp3) is 0.552. The highest BCUT2D eigenvalue weighted by atomic mass is 19.1. The molecule has 2 aromatic carbocycles. The molecule has 0 radical (unpaired) electrons. The number of halogens is 1. The molecule has 1 aliphatic carbocycles. The molecule has 0 aromatic heterocycles. The van der Waals surface area contributed by atoms with Gasteiger partial charge in [0.2, 0.25) is 0 Å². The molecule has 0 atom stereocenters. The van der Waals surface area contributed by atoms with E-state index in [1.165, 1.54) is 12.8 Å². The Bertz CT molecular complexity index is 966. The topological polar surface area (TPSA) is 49.8 Å². The molecule has 1 aliphatic heterocycles. The van der Waals surface area contributed by atoms with Crippen LogP contribution >= 0.6 is 0 Å². The van der Waals surface area contributed by atoms with Crippen molar-refractivity contribution in [1.82, 2.24) is 4.90 Å². The largest absolute Gasteiger partial charge is 0.490 e. The Morgan fingerprint density at radius 2 is 1.65 bits per heavy atom. The van der Waals surface area contributed by atoms with Gasteiger partial charge in [-0.25, -0.2) is 4.39 Å². The number of carbonyl (C=O) groups is 1. The zero-order valence-corrected chi connectivity index (χ0v) is 20.7. The lowest BCUT2D eigenvalue weighted by molar-refractivity contribution is -0.143. The predicted octanol–water partition coefficient (Wildman–Crippen LogP) is 6.77. The maximum absolute atomic E-state index is 15.4. The highest BCUT2D eigenvalue weighted by Gasteiger charge is 2.30. The van der Waals surface area contributed by atoms with Crippen LogP contribution in [0.3, 0.4) is 0 Å². The third kappa shape index (κ3) is 5.99. The van der Waals surface area contributed by atoms with E-state index in [0.29, 0.717) is 49.0 Å². The molecule has 1 N–H and O–H groups in total. The van der Waals surface area contributed by atoms with Crippen LogP contribution in [0.1, 0.15) is 64.9 Å². The lowest BCUT2D eigenvalue weighted by atomic mass is 9.72. The van der Waals surface area contributed by atoms with Gasteiger partial charge in [0.15, 0.2) is 0 Å². The summed E-state index contributed by atoms with van der Waals surface area (Å²) in [6, 6.07) is 13.3. The smallest absolute Gasteiger partial charge is 0.306 e. The second-order valence-electron chi connectivity index (χ2n) is 11.1. The molecule has 1 saturated carbocycles. The van der Waals surface area contributed by atoms with Gasteiger partial charge >= 0.3 is 5.97 Å². The minimum absolute atomic E-state index is 0.197. The molecule has 2 fully saturated rings. The monoisotopic (exact) mass is 467 g/mol. The molecule has 5 heteroatoms. The molecule has 1 heterocycles. The Balaban J connectivity index is 1.36. The standard InChI is InChI=1S/C29H38FNO3/c1-29(2,3)23-9-13-25(14-10-23)34-24-11-7-20(8-12-24)26-6-4-5-22(27(26)30)19-31-17-15-21(16-18-31)28(32)33/h4-8,11-12,21,23,25H,9-10,13-19H2,1-3H3,(H,32,33)/t23-,25+. The maximum atomic E-state index is 15.4. The van der Waals surface area contributed by atoms with Gasteiger partial charge in [-0.2, -0.15) is 0 Å². The van der Waals surface area contributed by atoms with Crippen LogP contribution in [0.25, 0.3) is 11.1 Å². The number of likely N-dealkylation sites (tertiary alicyclic amines) is 1. The normalized spacial score (nSPS) is 22.5. The van der Waals surface area contributed by atoms with Gasteiger partial charge in [0.1, 0.15) is 11.6 Å². The van der Waals surface area contributed by atoms with Gasteiger partial charge in [0.05, 0.1) is 12.0 Å². The molecule has 34 heavy (non-hydrogen) atoms. The molecule has 4 rings (SSSR count). The summed E-state index contributed by atoms with van der Waals surface area (Å²) in [6.07, 6.45) is 6.09. The second-order valence-corrected chi connectivity index (χ2v) is 11.1. The zero-order valence-electron chi connectivity index (χ0n) is 20.7. The van der Waals surface area contributed by atoms with Gasteiger partial charge in [-0.15, -0.1) is 0 Å². The Hall–Kier alpha value is -2.40. The first-order chi connectivity index (χ1) is 16.2. The summed E-state index contributed by atoms with van der Waals surface area (Å²) in [7, 11) is 0. The fourth-order valence-corrected chi connectivity index (χ4v) is 5.46. The summed E-state index contributed by atoms with van der Waals surface area (Å²) in [5.41, 5.74) is 2.45. The van der Waals surface area contributed by atoms with E-state index in [9.17, 15) is 9.90 Å². The first-order valence-corrected chi connectivity index (χ1v) is 12.7. The average molecular weight is 468 g/mol. The van der Waals surface area contributed by atoms with Crippen molar-refractivity contribution in [3.63, 3.8) is 0 Å². The minimum atomic E-state index is -0.724. The summed E-state index contributed by atoms with van der Waals surface area (Å²) in [6.45, 7) is 8.85. The van der Waals surface area contributed by atoms with E-state index in [2.05, 4.69) is 25.7 Å². The van der Waals surface area contributed by atoms with Crippen LogP contribution < -0.4 is 4.74 Å². The van der Waals surface area contributed by atoms with Crippen LogP contribution in [0.4, 0.5) is 4.39 Å². The second kappa shape index (κ2) is 10.5. The van der Waals surface area contributed by atoms with Crippen LogP contribution in [-0.2, 0) is 11.3 Å². The minimum Gasteiger partial charge on any atom is -0.490 e. The van der Waals surface area contributed by atoms with Gasteiger partial charge in [0, 0.05) is 17.7 Å². The van der Waals surface area contributed by atoms with Crippen molar-refractivity contribution in [3.8, 4) is 16.9 Å². The number of aliphatic carboxylic acids is 1. The lowest BCUT2D eigenvalue weighted by Crippen LogP contribution is -2.36. The number of ether oxygens (including phenoxy) is 1. The lowest BCUT2D eigenvalue weighted by Gasteiger charge is -2.36. The number of benzene rings is 2. The Labute approximate surface area is 203 Å². The molecule has 0 bridgehead atoms. The molecule has 0 spiro atoms. The number of piperidine rings is 1. The number of carboxylic acid groups (broad SMARTS) is 1. The number of carboxylic acids is 1. The van der Waals surface area contributed by atoms with Gasteiger partial charge in [0.25, 0.3) is 0 Å². The Morgan fingerprint density at radius 1 is 1.00 bits per heavy atom. The van der Waals surface area contributed by atoms with E-state index in [1.807, 2.05) is 42.5 Å². The first-order valence-electron chi connectivity index (χ1n) is 12.7. The number of hydrogen-bond donors (Lipinski definition) is 1. The predicted molar refractivity (Wildman–Crippen MR) is 133 cm³/mol. The highest BCUT2D eigenvalue weighted by molar-refractivity contribution is 5.70. The first kappa shape index (κ1) is 24.7. The molecule has 0 amide bonds. The van der Waals surface area contributed by atoms with E-state index >= 15 is 4.39 Å². The summed E-state index contributed by atoms with van der Waals surface area (Å²) in [5, 5.41) is 9.18. The van der Waals surface area contributed by atoms with Crippen LogP contribution in [0.15, 0.2) is 42.5 Å². The number of rotatable bonds is 6. The van der Waals surface area contributed by atoms with E-state index in [-0.39, 0.29) is 17.8 Å². The molecule has 0 unspecified atom stereocenters. The van der Waals surface area contributed by atoms with Gasteiger partial charge in [-0.1, -0.05) is 51.1 Å². The molecule has 4 nitrogen and oxygen atoms in total. The fourth-order valence-electron chi connectivity index (χ4n) is 5.46. The molecular formula is C29H38FNO3. The van der Waals surface area contributed by atoms with Crippen molar-refractivity contribution in [2.75, 3.05) is 13.1 Å². The summed E-state index contributed by atoms with van der Waals surface area (Å²) in [5.74, 6) is 0.408. The summed E-state index contributed by atoms with van der Waals surface area (Å²) < 4.78 is 21.6. The summed E-state index contributed by atoms with van der Waals surface area (Å²) in [4.78, 5) is 13.3.